The van der Waals surface area contributed by atoms with Crippen molar-refractivity contribution in [2.24, 2.45) is 0 Å². The number of likely N-dealkylation sites (tertiary alicyclic amines) is 1. The highest BCUT2D eigenvalue weighted by molar-refractivity contribution is 5.92. The maximum atomic E-state index is 12.7. The van der Waals surface area contributed by atoms with Crippen LogP contribution in [-0.4, -0.2) is 47.4 Å². The molecule has 1 aliphatic carbocycles. The number of carbonyl (C=O) groups is 1. The van der Waals surface area contributed by atoms with Crippen LogP contribution in [0.2, 0.25) is 0 Å². The monoisotopic (exact) mass is 285 g/mol. The van der Waals surface area contributed by atoms with Gasteiger partial charge in [-0.2, -0.15) is 0 Å². The topological polar surface area (TPSA) is 35.6 Å². The molecule has 1 aromatic rings. The molecule has 1 aromatic carbocycles. The van der Waals surface area contributed by atoms with Gasteiger partial charge in [-0.05, 0) is 44.3 Å². The van der Waals surface area contributed by atoms with Crippen LogP contribution in [0.15, 0.2) is 30.3 Å². The van der Waals surface area contributed by atoms with Gasteiger partial charge in [-0.25, -0.2) is 0 Å². The summed E-state index contributed by atoms with van der Waals surface area (Å²) in [6.07, 6.45) is 4.66. The third-order valence-corrected chi connectivity index (χ3v) is 5.12. The van der Waals surface area contributed by atoms with Crippen LogP contribution in [0.4, 0.5) is 0 Å². The predicted molar refractivity (Wildman–Crippen MR) is 81.7 cm³/mol. The Hall–Kier alpha value is -1.39. The zero-order chi connectivity index (χ0) is 14.3. The predicted octanol–water partition coefficient (Wildman–Crippen LogP) is 1.75. The fourth-order valence-corrected chi connectivity index (χ4v) is 3.66. The molecule has 2 saturated heterocycles. The van der Waals surface area contributed by atoms with Crippen molar-refractivity contribution in [3.8, 4) is 0 Å². The Labute approximate surface area is 126 Å². The van der Waals surface area contributed by atoms with Gasteiger partial charge in [-0.15, -0.1) is 0 Å². The van der Waals surface area contributed by atoms with Gasteiger partial charge >= 0.3 is 0 Å². The summed E-state index contributed by atoms with van der Waals surface area (Å²) in [5.41, 5.74) is 0.974. The maximum absolute atomic E-state index is 12.7. The minimum Gasteiger partial charge on any atom is -0.320 e. The van der Waals surface area contributed by atoms with E-state index in [4.69, 9.17) is 0 Å². The zero-order valence-corrected chi connectivity index (χ0v) is 12.4. The highest BCUT2D eigenvalue weighted by atomic mass is 16.2. The van der Waals surface area contributed by atoms with Gasteiger partial charge in [0.1, 0.15) is 11.7 Å². The summed E-state index contributed by atoms with van der Waals surface area (Å²) in [6.45, 7) is 4.23. The van der Waals surface area contributed by atoms with E-state index in [1.807, 2.05) is 6.07 Å². The number of benzene rings is 1. The van der Waals surface area contributed by atoms with E-state index in [0.717, 1.165) is 25.9 Å². The number of hydrogen-bond acceptors (Lipinski definition) is 3. The fourth-order valence-electron chi connectivity index (χ4n) is 3.66. The highest BCUT2D eigenvalue weighted by Gasteiger charge is 2.59. The smallest absolute Gasteiger partial charge is 0.244 e. The first-order valence-corrected chi connectivity index (χ1v) is 8.15. The van der Waals surface area contributed by atoms with E-state index >= 15 is 0 Å². The molecule has 2 aliphatic heterocycles. The van der Waals surface area contributed by atoms with Crippen LogP contribution in [-0.2, 0) is 4.79 Å². The Bertz CT molecular complexity index is 520. The average molecular weight is 285 g/mol. The van der Waals surface area contributed by atoms with E-state index < -0.39 is 0 Å². The molecule has 4 heteroatoms. The minimum atomic E-state index is -0.231. The molecule has 4 rings (SSSR count). The molecule has 1 amide bonds. The Kier molecular flexibility index (Phi) is 3.23. The van der Waals surface area contributed by atoms with E-state index in [0.29, 0.717) is 5.91 Å². The van der Waals surface area contributed by atoms with Gasteiger partial charge in [0.2, 0.25) is 5.91 Å². The van der Waals surface area contributed by atoms with Crippen LogP contribution < -0.4 is 5.32 Å². The second kappa shape index (κ2) is 5.11. The molecule has 112 valence electrons. The number of nitrogens with zero attached hydrogens (tertiary/aromatic N) is 2. The van der Waals surface area contributed by atoms with Gasteiger partial charge in [0, 0.05) is 13.1 Å². The Morgan fingerprint density at radius 3 is 2.48 bits per heavy atom. The first-order chi connectivity index (χ1) is 10.3. The van der Waals surface area contributed by atoms with Gasteiger partial charge in [0.15, 0.2) is 0 Å². The molecule has 3 fully saturated rings. The lowest BCUT2D eigenvalue weighted by Crippen LogP contribution is -2.38. The van der Waals surface area contributed by atoms with E-state index in [-0.39, 0.29) is 11.7 Å². The van der Waals surface area contributed by atoms with Crippen molar-refractivity contribution in [2.45, 2.75) is 37.4 Å². The van der Waals surface area contributed by atoms with Crippen molar-refractivity contribution < 1.29 is 4.79 Å². The van der Waals surface area contributed by atoms with E-state index in [9.17, 15) is 4.79 Å². The van der Waals surface area contributed by atoms with Crippen molar-refractivity contribution in [3.05, 3.63) is 35.9 Å². The molecule has 0 aromatic heterocycles. The maximum Gasteiger partial charge on any atom is 0.244 e. The second-order valence-corrected chi connectivity index (χ2v) is 6.59. The first-order valence-electron chi connectivity index (χ1n) is 8.15. The van der Waals surface area contributed by atoms with Gasteiger partial charge in [-0.1, -0.05) is 30.3 Å². The number of amides is 1. The summed E-state index contributed by atoms with van der Waals surface area (Å²) < 4.78 is 0. The molecule has 1 unspecified atom stereocenters. The van der Waals surface area contributed by atoms with Crippen molar-refractivity contribution in [3.63, 3.8) is 0 Å². The quantitative estimate of drug-likeness (QED) is 0.915. The van der Waals surface area contributed by atoms with Gasteiger partial charge < -0.3 is 9.80 Å². The summed E-state index contributed by atoms with van der Waals surface area (Å²) in [5.74, 6) is 0.315. The Morgan fingerprint density at radius 1 is 1.10 bits per heavy atom. The number of rotatable bonds is 4. The molecule has 1 spiro atoms. The normalized spacial score (nSPS) is 27.7. The number of nitrogens with one attached hydrogen (secondary N) is 1. The summed E-state index contributed by atoms with van der Waals surface area (Å²) in [5, 5.41) is 3.59. The van der Waals surface area contributed by atoms with Gasteiger partial charge in [0.05, 0.1) is 0 Å². The SMILES string of the molecule is O=C1N(CCN2CCCC2)C(c2ccccc2)NC12CC2. The lowest BCUT2D eigenvalue weighted by molar-refractivity contribution is -0.131. The van der Waals surface area contributed by atoms with Crippen LogP contribution in [0.1, 0.15) is 37.4 Å². The third-order valence-electron chi connectivity index (χ3n) is 5.12. The molecule has 4 nitrogen and oxygen atoms in total. The number of hydrogen-bond donors (Lipinski definition) is 1. The largest absolute Gasteiger partial charge is 0.320 e. The van der Waals surface area contributed by atoms with Gasteiger partial charge in [-0.3, -0.25) is 10.1 Å². The standard InChI is InChI=1S/C17H23N3O/c21-16-17(8-9-17)18-15(14-6-2-1-3-7-14)20(16)13-12-19-10-4-5-11-19/h1-3,6-7,15,18H,4-5,8-13H2. The Morgan fingerprint density at radius 2 is 1.81 bits per heavy atom. The molecule has 0 radical (unpaired) electrons. The molecular formula is C17H23N3O. The molecule has 1 N–H and O–H groups in total. The van der Waals surface area contributed by atoms with Crippen molar-refractivity contribution in [1.82, 2.24) is 15.1 Å². The summed E-state index contributed by atoms with van der Waals surface area (Å²) in [7, 11) is 0. The van der Waals surface area contributed by atoms with Crippen LogP contribution in [0.5, 0.6) is 0 Å². The zero-order valence-electron chi connectivity index (χ0n) is 12.4. The van der Waals surface area contributed by atoms with E-state index in [1.165, 1.54) is 31.5 Å². The molecule has 3 aliphatic rings. The molecule has 1 atom stereocenters. The second-order valence-electron chi connectivity index (χ2n) is 6.59. The van der Waals surface area contributed by atoms with Crippen LogP contribution in [0, 0.1) is 0 Å². The summed E-state index contributed by atoms with van der Waals surface area (Å²) in [4.78, 5) is 17.3. The van der Waals surface area contributed by atoms with Crippen molar-refractivity contribution in [1.29, 1.82) is 0 Å². The summed E-state index contributed by atoms with van der Waals surface area (Å²) in [6, 6.07) is 10.4. The molecular weight excluding hydrogens is 262 g/mol. The lowest BCUT2D eigenvalue weighted by atomic mass is 10.1. The Balaban J connectivity index is 1.51. The fraction of sp³-hybridized carbons (Fsp3) is 0.588. The number of carbonyl (C=O) groups excluding carboxylic acids is 1. The van der Waals surface area contributed by atoms with E-state index in [2.05, 4.69) is 39.4 Å². The molecule has 0 bridgehead atoms. The lowest BCUT2D eigenvalue weighted by Gasteiger charge is -2.26. The average Bonchev–Trinajstić information content (AvgIpc) is 3.01. The molecule has 2 heterocycles. The highest BCUT2D eigenvalue weighted by Crippen LogP contribution is 2.45. The van der Waals surface area contributed by atoms with Crippen molar-refractivity contribution >= 4 is 5.91 Å². The van der Waals surface area contributed by atoms with Gasteiger partial charge in [0.25, 0.3) is 0 Å². The van der Waals surface area contributed by atoms with Crippen LogP contribution in [0.25, 0.3) is 0 Å². The third kappa shape index (κ3) is 2.36. The van der Waals surface area contributed by atoms with Crippen molar-refractivity contribution in [2.75, 3.05) is 26.2 Å². The van der Waals surface area contributed by atoms with Crippen LogP contribution in [0.3, 0.4) is 0 Å². The minimum absolute atomic E-state index is 0.0591. The van der Waals surface area contributed by atoms with E-state index in [1.54, 1.807) is 0 Å². The van der Waals surface area contributed by atoms with Crippen LogP contribution >= 0.6 is 0 Å². The summed E-state index contributed by atoms with van der Waals surface area (Å²) >= 11 is 0. The first kappa shape index (κ1) is 13.3. The molecule has 21 heavy (non-hydrogen) atoms. The molecule has 1 saturated carbocycles.